The van der Waals surface area contributed by atoms with Crippen LogP contribution in [0.25, 0.3) is 0 Å². The zero-order chi connectivity index (χ0) is 13.1. The zero-order valence-electron chi connectivity index (χ0n) is 9.87. The maximum Gasteiger partial charge on any atom is 0.177 e. The molecule has 0 N–H and O–H groups in total. The highest BCUT2D eigenvalue weighted by Crippen LogP contribution is 2.21. The van der Waals surface area contributed by atoms with Crippen molar-refractivity contribution in [2.24, 2.45) is 0 Å². The molecule has 0 saturated carbocycles. The number of thiophene rings is 1. The number of ketones is 1. The largest absolute Gasteiger partial charge is 0.293 e. The van der Waals surface area contributed by atoms with Crippen molar-refractivity contribution in [3.8, 4) is 0 Å². The number of carbonyl (C=O) groups is 1. The second-order valence-corrected chi connectivity index (χ2v) is 5.56. The number of rotatable bonds is 4. The van der Waals surface area contributed by atoms with E-state index in [0.717, 1.165) is 11.3 Å². The first kappa shape index (κ1) is 13.2. The third-order valence-corrected chi connectivity index (χ3v) is 4.16. The molecule has 0 aliphatic carbocycles. The van der Waals surface area contributed by atoms with Crippen LogP contribution in [0.2, 0.25) is 5.02 Å². The van der Waals surface area contributed by atoms with E-state index in [1.807, 2.05) is 13.0 Å². The highest BCUT2D eigenvalue weighted by Gasteiger charge is 2.12. The van der Waals surface area contributed by atoms with Crippen LogP contribution in [0.3, 0.4) is 0 Å². The van der Waals surface area contributed by atoms with E-state index in [9.17, 15) is 9.18 Å². The molecule has 0 atom stereocenters. The van der Waals surface area contributed by atoms with Gasteiger partial charge in [0.25, 0.3) is 0 Å². The second-order valence-electron chi connectivity index (χ2n) is 3.96. The Kier molecular flexibility index (Phi) is 4.15. The minimum atomic E-state index is -0.428. The predicted octanol–water partition coefficient (Wildman–Crippen LogP) is 4.53. The van der Waals surface area contributed by atoms with E-state index < -0.39 is 5.82 Å². The van der Waals surface area contributed by atoms with Gasteiger partial charge < -0.3 is 0 Å². The van der Waals surface area contributed by atoms with Crippen LogP contribution >= 0.6 is 22.9 Å². The maximum atomic E-state index is 13.6. The number of hydrogen-bond donors (Lipinski definition) is 0. The van der Waals surface area contributed by atoms with Crippen molar-refractivity contribution in [3.05, 3.63) is 56.5 Å². The molecule has 0 radical (unpaired) electrons. The third kappa shape index (κ3) is 2.98. The summed E-state index contributed by atoms with van der Waals surface area (Å²) in [6, 6.07) is 8.13. The Balaban J connectivity index is 2.16. The molecule has 4 heteroatoms. The van der Waals surface area contributed by atoms with Gasteiger partial charge in [-0.05, 0) is 36.2 Å². The molecular weight excluding hydrogens is 271 g/mol. The summed E-state index contributed by atoms with van der Waals surface area (Å²) in [4.78, 5) is 13.8. The Morgan fingerprint density at radius 1 is 1.33 bits per heavy atom. The number of carbonyl (C=O) groups excluding carboxylic acids is 1. The highest BCUT2D eigenvalue weighted by atomic mass is 35.5. The summed E-state index contributed by atoms with van der Waals surface area (Å²) in [5, 5.41) is 0.341. The lowest BCUT2D eigenvalue weighted by atomic mass is 10.1. The van der Waals surface area contributed by atoms with E-state index in [-0.39, 0.29) is 12.2 Å². The van der Waals surface area contributed by atoms with Gasteiger partial charge in [-0.3, -0.25) is 4.79 Å². The summed E-state index contributed by atoms with van der Waals surface area (Å²) in [6.07, 6.45) is 0.986. The number of aryl methyl sites for hydroxylation is 1. The molecule has 2 rings (SSSR count). The third-order valence-electron chi connectivity index (χ3n) is 2.65. The van der Waals surface area contributed by atoms with Gasteiger partial charge in [0.1, 0.15) is 5.82 Å². The van der Waals surface area contributed by atoms with E-state index in [0.29, 0.717) is 15.5 Å². The van der Waals surface area contributed by atoms with Crippen LogP contribution in [-0.2, 0) is 12.8 Å². The van der Waals surface area contributed by atoms with Gasteiger partial charge in [0, 0.05) is 16.3 Å². The smallest absolute Gasteiger partial charge is 0.177 e. The van der Waals surface area contributed by atoms with Crippen molar-refractivity contribution in [1.82, 2.24) is 0 Å². The van der Waals surface area contributed by atoms with Gasteiger partial charge in [-0.15, -0.1) is 11.3 Å². The Hall–Kier alpha value is -1.19. The fourth-order valence-electron chi connectivity index (χ4n) is 1.64. The molecule has 18 heavy (non-hydrogen) atoms. The molecule has 2 aromatic rings. The maximum absolute atomic E-state index is 13.6. The first-order valence-corrected chi connectivity index (χ1v) is 6.85. The molecule has 0 fully saturated rings. The van der Waals surface area contributed by atoms with Crippen LogP contribution in [0.4, 0.5) is 4.39 Å². The molecule has 0 aliphatic heterocycles. The number of benzene rings is 1. The molecular formula is C14H12ClFOS. The quantitative estimate of drug-likeness (QED) is 0.753. The van der Waals surface area contributed by atoms with Gasteiger partial charge >= 0.3 is 0 Å². The fourth-order valence-corrected chi connectivity index (χ4v) is 2.69. The van der Waals surface area contributed by atoms with Crippen molar-refractivity contribution >= 4 is 28.7 Å². The lowest BCUT2D eigenvalue weighted by Gasteiger charge is -2.01. The normalized spacial score (nSPS) is 10.6. The average Bonchev–Trinajstić information content (AvgIpc) is 2.81. The van der Waals surface area contributed by atoms with Crippen molar-refractivity contribution in [2.45, 2.75) is 19.8 Å². The van der Waals surface area contributed by atoms with E-state index in [2.05, 4.69) is 0 Å². The summed E-state index contributed by atoms with van der Waals surface area (Å²) >= 11 is 7.14. The van der Waals surface area contributed by atoms with Gasteiger partial charge in [0.2, 0.25) is 0 Å². The van der Waals surface area contributed by atoms with Crippen LogP contribution in [0.15, 0.2) is 30.3 Å². The molecule has 0 spiro atoms. The molecule has 0 amide bonds. The van der Waals surface area contributed by atoms with Crippen LogP contribution in [0.5, 0.6) is 0 Å². The van der Waals surface area contributed by atoms with Gasteiger partial charge in [-0.2, -0.15) is 0 Å². The van der Waals surface area contributed by atoms with Gasteiger partial charge in [-0.1, -0.05) is 24.6 Å². The molecule has 0 bridgehead atoms. The van der Waals surface area contributed by atoms with E-state index >= 15 is 0 Å². The summed E-state index contributed by atoms with van der Waals surface area (Å²) in [7, 11) is 0. The first-order chi connectivity index (χ1) is 8.60. The van der Waals surface area contributed by atoms with Crippen molar-refractivity contribution in [3.63, 3.8) is 0 Å². The van der Waals surface area contributed by atoms with E-state index in [4.69, 9.17) is 11.6 Å². The minimum absolute atomic E-state index is 0.0547. The molecule has 1 aromatic heterocycles. The molecule has 1 aromatic carbocycles. The minimum Gasteiger partial charge on any atom is -0.293 e. The molecule has 0 saturated heterocycles. The summed E-state index contributed by atoms with van der Waals surface area (Å²) < 4.78 is 13.6. The summed E-state index contributed by atoms with van der Waals surface area (Å²) in [5.41, 5.74) is 0.385. The number of Topliss-reactive ketones (excluding diaryl/α,β-unsaturated/α-hetero) is 1. The molecule has 1 heterocycles. The second kappa shape index (κ2) is 5.63. The number of hydrogen-bond acceptors (Lipinski definition) is 2. The summed E-state index contributed by atoms with van der Waals surface area (Å²) in [6.45, 7) is 2.04. The van der Waals surface area contributed by atoms with Crippen LogP contribution in [0.1, 0.15) is 27.0 Å². The lowest BCUT2D eigenvalue weighted by molar-refractivity contribution is 0.0995. The Morgan fingerprint density at radius 2 is 2.11 bits per heavy atom. The predicted molar refractivity (Wildman–Crippen MR) is 73.1 cm³/mol. The Labute approximate surface area is 114 Å². The van der Waals surface area contributed by atoms with Crippen molar-refractivity contribution < 1.29 is 9.18 Å². The van der Waals surface area contributed by atoms with Gasteiger partial charge in [-0.25, -0.2) is 4.39 Å². The van der Waals surface area contributed by atoms with Crippen molar-refractivity contribution in [1.29, 1.82) is 0 Å². The highest BCUT2D eigenvalue weighted by molar-refractivity contribution is 7.14. The summed E-state index contributed by atoms with van der Waals surface area (Å²) in [5.74, 6) is -0.482. The zero-order valence-corrected chi connectivity index (χ0v) is 11.4. The topological polar surface area (TPSA) is 17.1 Å². The molecule has 94 valence electrons. The molecule has 0 unspecified atom stereocenters. The van der Waals surface area contributed by atoms with Crippen LogP contribution < -0.4 is 0 Å². The van der Waals surface area contributed by atoms with E-state index in [1.165, 1.54) is 17.4 Å². The van der Waals surface area contributed by atoms with Crippen LogP contribution in [-0.4, -0.2) is 5.78 Å². The SMILES string of the molecule is CCc1ccc(C(=O)Cc2ccc(Cl)cc2F)s1. The van der Waals surface area contributed by atoms with E-state index in [1.54, 1.807) is 18.2 Å². The average molecular weight is 283 g/mol. The fraction of sp³-hybridized carbons (Fsp3) is 0.214. The Morgan fingerprint density at radius 3 is 2.72 bits per heavy atom. The first-order valence-electron chi connectivity index (χ1n) is 5.66. The molecule has 0 aliphatic rings. The molecule has 1 nitrogen and oxygen atoms in total. The lowest BCUT2D eigenvalue weighted by Crippen LogP contribution is -2.03. The van der Waals surface area contributed by atoms with Gasteiger partial charge in [0.15, 0.2) is 5.78 Å². The number of halogens is 2. The van der Waals surface area contributed by atoms with Gasteiger partial charge in [0.05, 0.1) is 4.88 Å². The standard InChI is InChI=1S/C14H12ClFOS/c1-2-11-5-6-14(18-11)13(17)7-9-3-4-10(15)8-12(9)16/h3-6,8H,2,7H2,1H3. The monoisotopic (exact) mass is 282 g/mol. The Bertz CT molecular complexity index is 577. The van der Waals surface area contributed by atoms with Crippen LogP contribution in [0, 0.1) is 5.82 Å². The van der Waals surface area contributed by atoms with Crippen molar-refractivity contribution in [2.75, 3.05) is 0 Å².